The first-order valence-corrected chi connectivity index (χ1v) is 9.35. The fraction of sp³-hybridized carbons (Fsp3) is 0.650. The third kappa shape index (κ3) is 5.74. The Morgan fingerprint density at radius 1 is 1.11 bits per heavy atom. The van der Waals surface area contributed by atoms with E-state index in [0.717, 1.165) is 0 Å². The first-order valence-electron chi connectivity index (χ1n) is 9.35. The lowest BCUT2D eigenvalue weighted by molar-refractivity contribution is -0.256. The lowest BCUT2D eigenvalue weighted by Crippen LogP contribution is -2.47. The van der Waals surface area contributed by atoms with Gasteiger partial charge in [-0.15, -0.1) is 0 Å². The number of benzene rings is 1. The minimum Gasteiger partial charge on any atom is -0.504 e. The van der Waals surface area contributed by atoms with Crippen molar-refractivity contribution in [3.8, 4) is 17.2 Å². The number of phenolic OH excluding ortho intramolecular Hbond substituents is 2. The molecule has 0 aromatic heterocycles. The maximum absolute atomic E-state index is 11.1. The van der Waals surface area contributed by atoms with Crippen molar-refractivity contribution in [3.05, 3.63) is 18.2 Å². The van der Waals surface area contributed by atoms with Crippen molar-refractivity contribution in [3.63, 3.8) is 0 Å². The van der Waals surface area contributed by atoms with Gasteiger partial charge in [0, 0.05) is 19.3 Å². The molecule has 1 aliphatic rings. The van der Waals surface area contributed by atoms with Gasteiger partial charge in [0.25, 0.3) is 0 Å². The second kappa shape index (κ2) is 9.80. The Kier molecular flexibility index (Phi) is 7.74. The molecule has 7 nitrogen and oxygen atoms in total. The van der Waals surface area contributed by atoms with Gasteiger partial charge in [-0.25, -0.2) is 0 Å². The number of esters is 1. The van der Waals surface area contributed by atoms with Crippen LogP contribution in [-0.4, -0.2) is 48.4 Å². The minimum atomic E-state index is -0.370. The molecule has 0 radical (unpaired) electrons. The molecule has 2 rings (SSSR count). The Hall–Kier alpha value is -1.99. The van der Waals surface area contributed by atoms with Gasteiger partial charge in [-0.2, -0.15) is 0 Å². The van der Waals surface area contributed by atoms with Gasteiger partial charge in [0.2, 0.25) is 5.75 Å². The third-order valence-corrected chi connectivity index (χ3v) is 5.24. The van der Waals surface area contributed by atoms with Crippen molar-refractivity contribution >= 4 is 5.97 Å². The minimum absolute atomic E-state index is 0.189. The number of hydrogen-bond donors (Lipinski definition) is 2. The van der Waals surface area contributed by atoms with Gasteiger partial charge >= 0.3 is 5.97 Å². The first kappa shape index (κ1) is 21.3. The predicted molar refractivity (Wildman–Crippen MR) is 98.6 cm³/mol. The van der Waals surface area contributed by atoms with Gasteiger partial charge in [0.05, 0.1) is 19.3 Å². The molecule has 1 aromatic rings. The molecular weight excluding hydrogens is 352 g/mol. The average molecular weight is 382 g/mol. The molecule has 1 fully saturated rings. The normalized spacial score (nSPS) is 27.9. The fourth-order valence-corrected chi connectivity index (χ4v) is 3.13. The zero-order valence-corrected chi connectivity index (χ0v) is 16.4. The zero-order valence-electron chi connectivity index (χ0n) is 16.4. The summed E-state index contributed by atoms with van der Waals surface area (Å²) in [6.45, 7) is 8.72. The van der Waals surface area contributed by atoms with Crippen molar-refractivity contribution in [2.24, 2.45) is 17.8 Å². The van der Waals surface area contributed by atoms with E-state index in [2.05, 4.69) is 20.8 Å². The van der Waals surface area contributed by atoms with E-state index in [4.69, 9.17) is 18.9 Å². The van der Waals surface area contributed by atoms with Crippen LogP contribution >= 0.6 is 0 Å². The molecular formula is C20H30O7. The Balaban J connectivity index is 1.78. The van der Waals surface area contributed by atoms with E-state index in [1.807, 2.05) is 0 Å². The number of carbonyl (C=O) groups is 1. The van der Waals surface area contributed by atoms with Crippen LogP contribution in [0.25, 0.3) is 0 Å². The molecule has 1 heterocycles. The highest BCUT2D eigenvalue weighted by atomic mass is 16.7. The molecule has 1 aromatic carbocycles. The topological polar surface area (TPSA) is 94.5 Å². The molecule has 152 valence electrons. The number of carbonyl (C=O) groups excluding carboxylic acids is 1. The second-order valence-electron chi connectivity index (χ2n) is 7.12. The van der Waals surface area contributed by atoms with Gasteiger partial charge < -0.3 is 29.2 Å². The van der Waals surface area contributed by atoms with Gasteiger partial charge in [0.15, 0.2) is 17.8 Å². The summed E-state index contributed by atoms with van der Waals surface area (Å²) in [4.78, 5) is 11.1. The Morgan fingerprint density at radius 2 is 1.85 bits per heavy atom. The summed E-state index contributed by atoms with van der Waals surface area (Å²) < 4.78 is 22.5. The summed E-state index contributed by atoms with van der Waals surface area (Å²) >= 11 is 0. The zero-order chi connectivity index (χ0) is 20.0. The van der Waals surface area contributed by atoms with E-state index in [1.54, 1.807) is 12.1 Å². The summed E-state index contributed by atoms with van der Waals surface area (Å²) in [5, 5.41) is 19.2. The van der Waals surface area contributed by atoms with Crippen LogP contribution < -0.4 is 4.74 Å². The fourth-order valence-electron chi connectivity index (χ4n) is 3.13. The summed E-state index contributed by atoms with van der Waals surface area (Å²) in [7, 11) is 0. The van der Waals surface area contributed by atoms with Gasteiger partial charge in [0.1, 0.15) is 6.61 Å². The maximum atomic E-state index is 11.1. The molecule has 7 heteroatoms. The van der Waals surface area contributed by atoms with Crippen LogP contribution in [0.5, 0.6) is 17.2 Å². The van der Waals surface area contributed by atoms with E-state index in [9.17, 15) is 15.0 Å². The summed E-state index contributed by atoms with van der Waals surface area (Å²) in [5.74, 6) is 0.280. The number of ether oxygens (including phenoxy) is 4. The van der Waals surface area contributed by atoms with Crippen LogP contribution in [0, 0.1) is 17.8 Å². The highest BCUT2D eigenvalue weighted by Gasteiger charge is 2.40. The molecule has 0 saturated carbocycles. The van der Waals surface area contributed by atoms with Crippen LogP contribution in [-0.2, 0) is 19.0 Å². The lowest BCUT2D eigenvalue weighted by atomic mass is 9.79. The molecule has 0 aliphatic carbocycles. The molecule has 0 unspecified atom stereocenters. The first-order chi connectivity index (χ1) is 12.8. The number of aromatic hydroxyl groups is 2. The van der Waals surface area contributed by atoms with Crippen LogP contribution in [0.1, 0.15) is 34.1 Å². The van der Waals surface area contributed by atoms with Crippen molar-refractivity contribution in [2.45, 2.75) is 46.5 Å². The smallest absolute Gasteiger partial charge is 0.302 e. The molecule has 5 atom stereocenters. The molecule has 27 heavy (non-hydrogen) atoms. The van der Waals surface area contributed by atoms with E-state index in [0.29, 0.717) is 25.6 Å². The monoisotopic (exact) mass is 382 g/mol. The molecule has 0 spiro atoms. The van der Waals surface area contributed by atoms with Crippen LogP contribution in [0.4, 0.5) is 0 Å². The predicted octanol–water partition coefficient (Wildman–Crippen LogP) is 3.08. The van der Waals surface area contributed by atoms with E-state index in [-0.39, 0.29) is 54.1 Å². The van der Waals surface area contributed by atoms with Crippen LogP contribution in [0.3, 0.4) is 0 Å². The van der Waals surface area contributed by atoms with Gasteiger partial charge in [-0.05, 0) is 24.0 Å². The van der Waals surface area contributed by atoms with Crippen LogP contribution in [0.2, 0.25) is 0 Å². The quantitative estimate of drug-likeness (QED) is 0.405. The van der Waals surface area contributed by atoms with E-state index < -0.39 is 0 Å². The van der Waals surface area contributed by atoms with Gasteiger partial charge in [-0.1, -0.05) is 26.8 Å². The SMILES string of the molecule is CC(=O)OC[C@H]1O[C@@H](OCCCOc2cccc(O)c2O)[C@H](C)[C@@H](C)[C@@H]1C. The van der Waals surface area contributed by atoms with Crippen molar-refractivity contribution in [1.82, 2.24) is 0 Å². The number of rotatable bonds is 8. The Labute approximate surface area is 160 Å². The molecule has 2 N–H and O–H groups in total. The summed E-state index contributed by atoms with van der Waals surface area (Å²) in [6.07, 6.45) is 0.0387. The van der Waals surface area contributed by atoms with Crippen molar-refractivity contribution in [1.29, 1.82) is 0 Å². The van der Waals surface area contributed by atoms with Gasteiger partial charge in [-0.3, -0.25) is 4.79 Å². The average Bonchev–Trinajstić information content (AvgIpc) is 2.63. The van der Waals surface area contributed by atoms with Crippen molar-refractivity contribution in [2.75, 3.05) is 19.8 Å². The third-order valence-electron chi connectivity index (χ3n) is 5.24. The highest BCUT2D eigenvalue weighted by molar-refractivity contribution is 5.65. The van der Waals surface area contributed by atoms with Crippen molar-refractivity contribution < 1.29 is 34.0 Å². The number of phenols is 2. The molecule has 1 saturated heterocycles. The summed E-state index contributed by atoms with van der Waals surface area (Å²) in [5.41, 5.74) is 0. The summed E-state index contributed by atoms with van der Waals surface area (Å²) in [6, 6.07) is 4.58. The lowest BCUT2D eigenvalue weighted by Gasteiger charge is -2.43. The number of para-hydroxylation sites is 1. The second-order valence-corrected chi connectivity index (χ2v) is 7.12. The maximum Gasteiger partial charge on any atom is 0.302 e. The molecule has 0 bridgehead atoms. The largest absolute Gasteiger partial charge is 0.504 e. The standard InChI is InChI=1S/C20H30O7/c1-12-13(2)18(11-26-15(4)21)27-20(14(12)3)25-10-6-9-24-17-8-5-7-16(22)19(17)23/h5,7-8,12-14,18,20,22-23H,6,9-11H2,1-4H3/t12-,13-,14+,18+,20+/m0/s1. The molecule has 1 aliphatic heterocycles. The number of hydrogen-bond acceptors (Lipinski definition) is 7. The molecule has 0 amide bonds. The van der Waals surface area contributed by atoms with E-state index >= 15 is 0 Å². The highest BCUT2D eigenvalue weighted by Crippen LogP contribution is 2.36. The van der Waals surface area contributed by atoms with E-state index in [1.165, 1.54) is 13.0 Å². The van der Waals surface area contributed by atoms with Crippen LogP contribution in [0.15, 0.2) is 18.2 Å². The Bertz CT molecular complexity index is 618. The Morgan fingerprint density at radius 3 is 2.56 bits per heavy atom.